The zero-order valence-electron chi connectivity index (χ0n) is 12.4. The van der Waals surface area contributed by atoms with Gasteiger partial charge in [-0.3, -0.25) is 0 Å². The highest BCUT2D eigenvalue weighted by Gasteiger charge is 2.08. The van der Waals surface area contributed by atoms with Crippen molar-refractivity contribution in [1.82, 2.24) is 10.3 Å². The van der Waals surface area contributed by atoms with E-state index in [1.807, 2.05) is 12.1 Å². The third-order valence-corrected chi connectivity index (χ3v) is 3.45. The van der Waals surface area contributed by atoms with E-state index in [0.29, 0.717) is 11.9 Å². The van der Waals surface area contributed by atoms with Crippen LogP contribution >= 0.6 is 0 Å². The molecule has 1 aromatic heterocycles. The van der Waals surface area contributed by atoms with Gasteiger partial charge in [0.2, 0.25) is 5.88 Å². The fourth-order valence-corrected chi connectivity index (χ4v) is 2.21. The van der Waals surface area contributed by atoms with Gasteiger partial charge in [-0.15, -0.1) is 0 Å². The van der Waals surface area contributed by atoms with E-state index < -0.39 is 0 Å². The first kappa shape index (κ1) is 14.5. The molecular formula is C17H22N2O. The van der Waals surface area contributed by atoms with Crippen LogP contribution in [0.15, 0.2) is 42.6 Å². The molecule has 0 aliphatic rings. The number of methoxy groups -OCH3 is 1. The maximum absolute atomic E-state index is 5.15. The Morgan fingerprint density at radius 2 is 1.95 bits per heavy atom. The molecule has 1 unspecified atom stereocenters. The first-order chi connectivity index (χ1) is 9.72. The van der Waals surface area contributed by atoms with Crippen LogP contribution in [-0.4, -0.2) is 12.1 Å². The van der Waals surface area contributed by atoms with E-state index in [-0.39, 0.29) is 0 Å². The highest BCUT2D eigenvalue weighted by atomic mass is 16.5. The van der Waals surface area contributed by atoms with Gasteiger partial charge in [0.1, 0.15) is 0 Å². The van der Waals surface area contributed by atoms with Gasteiger partial charge in [-0.25, -0.2) is 4.98 Å². The number of aryl methyl sites for hydroxylation is 1. The average Bonchev–Trinajstić information content (AvgIpc) is 2.50. The summed E-state index contributed by atoms with van der Waals surface area (Å²) in [7, 11) is 1.64. The molecule has 3 nitrogen and oxygen atoms in total. The molecule has 3 heteroatoms. The fourth-order valence-electron chi connectivity index (χ4n) is 2.21. The third kappa shape index (κ3) is 3.81. The minimum absolute atomic E-state index is 0.370. The second kappa shape index (κ2) is 7.06. The number of ether oxygens (including phenoxy) is 1. The molecule has 0 fully saturated rings. The molecule has 0 spiro atoms. The van der Waals surface area contributed by atoms with Crippen molar-refractivity contribution in [3.8, 4) is 5.88 Å². The molecule has 0 saturated heterocycles. The van der Waals surface area contributed by atoms with E-state index >= 15 is 0 Å². The molecular weight excluding hydrogens is 248 g/mol. The van der Waals surface area contributed by atoms with Crippen molar-refractivity contribution in [2.24, 2.45) is 0 Å². The molecule has 2 aromatic rings. The molecule has 1 heterocycles. The van der Waals surface area contributed by atoms with Gasteiger partial charge in [0.15, 0.2) is 0 Å². The predicted octanol–water partition coefficient (Wildman–Crippen LogP) is 3.64. The molecule has 1 aromatic carbocycles. The summed E-state index contributed by atoms with van der Waals surface area (Å²) in [5, 5.41) is 3.59. The molecule has 0 aliphatic carbocycles. The molecule has 1 atom stereocenters. The second-order valence-electron chi connectivity index (χ2n) is 4.96. The maximum Gasteiger partial charge on any atom is 0.213 e. The van der Waals surface area contributed by atoms with Gasteiger partial charge in [-0.2, -0.15) is 0 Å². The van der Waals surface area contributed by atoms with Crippen molar-refractivity contribution in [2.45, 2.75) is 32.9 Å². The number of benzene rings is 1. The van der Waals surface area contributed by atoms with Crippen LogP contribution in [0, 0.1) is 6.92 Å². The number of rotatable bonds is 6. The zero-order chi connectivity index (χ0) is 14.4. The minimum Gasteiger partial charge on any atom is -0.481 e. The Hall–Kier alpha value is -1.87. The second-order valence-corrected chi connectivity index (χ2v) is 4.96. The Morgan fingerprint density at radius 3 is 2.60 bits per heavy atom. The van der Waals surface area contributed by atoms with Gasteiger partial charge >= 0.3 is 0 Å². The highest BCUT2D eigenvalue weighted by Crippen LogP contribution is 2.18. The molecule has 2 rings (SSSR count). The molecule has 0 aliphatic heterocycles. The lowest BCUT2D eigenvalue weighted by Crippen LogP contribution is -2.20. The van der Waals surface area contributed by atoms with Crippen LogP contribution in [0.1, 0.15) is 36.1 Å². The third-order valence-electron chi connectivity index (χ3n) is 3.45. The van der Waals surface area contributed by atoms with E-state index in [1.54, 1.807) is 13.3 Å². The Labute approximate surface area is 121 Å². The van der Waals surface area contributed by atoms with Crippen molar-refractivity contribution >= 4 is 0 Å². The highest BCUT2D eigenvalue weighted by molar-refractivity contribution is 5.25. The van der Waals surface area contributed by atoms with Crippen LogP contribution in [0.25, 0.3) is 0 Å². The Kier molecular flexibility index (Phi) is 5.13. The monoisotopic (exact) mass is 270 g/mol. The molecule has 0 bridgehead atoms. The van der Waals surface area contributed by atoms with Crippen molar-refractivity contribution in [2.75, 3.05) is 7.11 Å². The van der Waals surface area contributed by atoms with Gasteiger partial charge in [0.25, 0.3) is 0 Å². The molecule has 0 amide bonds. The average molecular weight is 270 g/mol. The first-order valence-electron chi connectivity index (χ1n) is 7.01. The van der Waals surface area contributed by atoms with Gasteiger partial charge in [0, 0.05) is 24.8 Å². The van der Waals surface area contributed by atoms with Gasteiger partial charge in [-0.05, 0) is 30.5 Å². The fraction of sp³-hybridized carbons (Fsp3) is 0.353. The summed E-state index contributed by atoms with van der Waals surface area (Å²) in [5.41, 5.74) is 3.81. The summed E-state index contributed by atoms with van der Waals surface area (Å²) >= 11 is 0. The van der Waals surface area contributed by atoms with Crippen LogP contribution in [0.3, 0.4) is 0 Å². The smallest absolute Gasteiger partial charge is 0.213 e. The van der Waals surface area contributed by atoms with E-state index in [9.17, 15) is 0 Å². The lowest BCUT2D eigenvalue weighted by Gasteiger charge is -2.18. The van der Waals surface area contributed by atoms with Crippen LogP contribution < -0.4 is 10.1 Å². The predicted molar refractivity (Wildman–Crippen MR) is 81.8 cm³/mol. The van der Waals surface area contributed by atoms with Crippen molar-refractivity contribution in [3.63, 3.8) is 0 Å². The van der Waals surface area contributed by atoms with Crippen LogP contribution in [-0.2, 0) is 6.54 Å². The molecule has 0 saturated carbocycles. The quantitative estimate of drug-likeness (QED) is 0.870. The summed E-state index contributed by atoms with van der Waals surface area (Å²) < 4.78 is 5.15. The summed E-state index contributed by atoms with van der Waals surface area (Å²) in [4.78, 5) is 4.12. The number of aromatic nitrogens is 1. The minimum atomic E-state index is 0.370. The number of pyridine rings is 1. The standard InChI is InChI=1S/C17H22N2O/c1-4-16(15-7-5-13(2)6-8-15)19-12-14-9-10-18-17(11-14)20-3/h5-11,16,19H,4,12H2,1-3H3. The van der Waals surface area contributed by atoms with Crippen LogP contribution in [0.4, 0.5) is 0 Å². The van der Waals surface area contributed by atoms with Crippen molar-refractivity contribution in [3.05, 3.63) is 59.3 Å². The van der Waals surface area contributed by atoms with Crippen LogP contribution in [0.5, 0.6) is 5.88 Å². The SMILES string of the molecule is CCC(NCc1ccnc(OC)c1)c1ccc(C)cc1. The molecule has 106 valence electrons. The molecule has 0 radical (unpaired) electrons. The summed E-state index contributed by atoms with van der Waals surface area (Å²) in [6.45, 7) is 5.12. The Balaban J connectivity index is 2.01. The maximum atomic E-state index is 5.15. The Bertz CT molecular complexity index is 537. The lowest BCUT2D eigenvalue weighted by atomic mass is 10.0. The topological polar surface area (TPSA) is 34.2 Å². The molecule has 1 N–H and O–H groups in total. The van der Waals surface area contributed by atoms with Gasteiger partial charge in [-0.1, -0.05) is 36.8 Å². The number of hydrogen-bond donors (Lipinski definition) is 1. The molecule has 20 heavy (non-hydrogen) atoms. The number of nitrogens with zero attached hydrogens (tertiary/aromatic N) is 1. The summed E-state index contributed by atoms with van der Waals surface area (Å²) in [6, 6.07) is 13.1. The lowest BCUT2D eigenvalue weighted by molar-refractivity contribution is 0.396. The van der Waals surface area contributed by atoms with Gasteiger partial charge in [0.05, 0.1) is 7.11 Å². The summed E-state index contributed by atoms with van der Waals surface area (Å²) in [6.07, 6.45) is 2.84. The summed E-state index contributed by atoms with van der Waals surface area (Å²) in [5.74, 6) is 0.660. The first-order valence-corrected chi connectivity index (χ1v) is 7.01. The largest absolute Gasteiger partial charge is 0.481 e. The van der Waals surface area contributed by atoms with Gasteiger partial charge < -0.3 is 10.1 Å². The number of hydrogen-bond acceptors (Lipinski definition) is 3. The van der Waals surface area contributed by atoms with E-state index in [1.165, 1.54) is 16.7 Å². The normalized spacial score (nSPS) is 12.2. The Morgan fingerprint density at radius 1 is 1.20 bits per heavy atom. The van der Waals surface area contributed by atoms with Crippen molar-refractivity contribution in [1.29, 1.82) is 0 Å². The number of nitrogens with one attached hydrogen (secondary N) is 1. The van der Waals surface area contributed by atoms with Crippen molar-refractivity contribution < 1.29 is 4.74 Å². The van der Waals surface area contributed by atoms with E-state index in [4.69, 9.17) is 4.74 Å². The van der Waals surface area contributed by atoms with Crippen LogP contribution in [0.2, 0.25) is 0 Å². The van der Waals surface area contributed by atoms with E-state index in [0.717, 1.165) is 13.0 Å². The zero-order valence-corrected chi connectivity index (χ0v) is 12.4. The van der Waals surface area contributed by atoms with E-state index in [2.05, 4.69) is 48.4 Å².